The Labute approximate surface area is 169 Å². The van der Waals surface area contributed by atoms with Crippen molar-refractivity contribution in [2.45, 2.75) is 5.92 Å². The second-order valence-corrected chi connectivity index (χ2v) is 7.21. The van der Waals surface area contributed by atoms with Gasteiger partial charge in [-0.25, -0.2) is 0 Å². The van der Waals surface area contributed by atoms with E-state index in [0.717, 1.165) is 0 Å². The number of allylic oxidation sites excluding steroid dienone is 1. The van der Waals surface area contributed by atoms with Crippen molar-refractivity contribution < 1.29 is 4.74 Å². The number of nitriles is 2. The number of nitrogens with zero attached hydrogens (tertiary/aromatic N) is 3. The van der Waals surface area contributed by atoms with Crippen LogP contribution >= 0.6 is 11.3 Å². The van der Waals surface area contributed by atoms with Gasteiger partial charge in [0, 0.05) is 18.9 Å². The Balaban J connectivity index is 2.05. The van der Waals surface area contributed by atoms with Gasteiger partial charge in [0.2, 0.25) is 5.88 Å². The largest absolute Gasteiger partial charge is 0.438 e. The number of anilines is 1. The number of fused-ring (bicyclic) bond motifs is 3. The Morgan fingerprint density at radius 1 is 1.38 bits per heavy atom. The number of thiophene rings is 1. The maximum Gasteiger partial charge on any atom is 0.256 e. The zero-order valence-electron chi connectivity index (χ0n) is 15.0. The van der Waals surface area contributed by atoms with Crippen LogP contribution in [0.4, 0.5) is 5.00 Å². The number of nitrogens with two attached hydrogens (primary N) is 1. The van der Waals surface area contributed by atoms with Crippen molar-refractivity contribution in [1.29, 1.82) is 10.5 Å². The predicted molar refractivity (Wildman–Crippen MR) is 109 cm³/mol. The number of hydrogen-bond donors (Lipinski definition) is 3. The smallest absolute Gasteiger partial charge is 0.256 e. The van der Waals surface area contributed by atoms with Crippen molar-refractivity contribution in [1.82, 2.24) is 9.97 Å². The monoisotopic (exact) mass is 402 g/mol. The van der Waals surface area contributed by atoms with E-state index in [1.807, 2.05) is 0 Å². The summed E-state index contributed by atoms with van der Waals surface area (Å²) in [4.78, 5) is 19.8. The lowest BCUT2D eigenvalue weighted by Gasteiger charge is -2.25. The van der Waals surface area contributed by atoms with Gasteiger partial charge in [-0.1, -0.05) is 6.08 Å². The Morgan fingerprint density at radius 3 is 2.79 bits per heavy atom. The summed E-state index contributed by atoms with van der Waals surface area (Å²) >= 11 is 1.27. The highest BCUT2D eigenvalue weighted by atomic mass is 32.1. The third-order valence-electron chi connectivity index (χ3n) is 4.58. The van der Waals surface area contributed by atoms with Gasteiger partial charge in [-0.15, -0.1) is 17.9 Å². The minimum absolute atomic E-state index is 0.0683. The Hall–Kier alpha value is -4.08. The average Bonchev–Trinajstić information content (AvgIpc) is 3.09. The predicted octanol–water partition coefficient (Wildman–Crippen LogP) is 2.67. The maximum atomic E-state index is 13.1. The average molecular weight is 402 g/mol. The lowest BCUT2D eigenvalue weighted by molar-refractivity contribution is 0.397. The first-order valence-corrected chi connectivity index (χ1v) is 9.37. The first kappa shape index (κ1) is 18.3. The fraction of sp³-hybridized carbons (Fsp3) is 0.100. The molecule has 0 saturated heterocycles. The van der Waals surface area contributed by atoms with Gasteiger partial charge in [0.05, 0.1) is 21.7 Å². The third-order valence-corrected chi connectivity index (χ3v) is 5.72. The highest BCUT2D eigenvalue weighted by molar-refractivity contribution is 7.23. The standard InChI is InChI=1S/C20H14N6O2S/c1-2-5-25-20-12(9-22)15-17(29-20)16-14(19(27)26-15)13(10-3-6-24-7-4-10)11(8-21)18(23)28-16/h2-4,6-7,13,25H,1,5,23H2,(H,26,27)/t13-/m0/s1. The number of hydrogen-bond acceptors (Lipinski definition) is 8. The van der Waals surface area contributed by atoms with Gasteiger partial charge in [-0.2, -0.15) is 10.5 Å². The molecule has 29 heavy (non-hydrogen) atoms. The number of nitrogens with one attached hydrogen (secondary N) is 2. The topological polar surface area (TPSA) is 141 Å². The fourth-order valence-corrected chi connectivity index (χ4v) is 4.45. The summed E-state index contributed by atoms with van der Waals surface area (Å²) in [5, 5.41) is 22.9. The van der Waals surface area contributed by atoms with Gasteiger partial charge in [-0.3, -0.25) is 9.78 Å². The Morgan fingerprint density at radius 2 is 2.14 bits per heavy atom. The number of H-pyrrole nitrogens is 1. The van der Waals surface area contributed by atoms with Crippen LogP contribution in [0.5, 0.6) is 5.75 Å². The second kappa shape index (κ2) is 7.15. The summed E-state index contributed by atoms with van der Waals surface area (Å²) in [6.07, 6.45) is 4.83. The van der Waals surface area contributed by atoms with Crippen LogP contribution in [0.2, 0.25) is 0 Å². The minimum Gasteiger partial charge on any atom is -0.438 e. The number of aromatic amines is 1. The van der Waals surface area contributed by atoms with E-state index < -0.39 is 11.5 Å². The molecule has 0 amide bonds. The highest BCUT2D eigenvalue weighted by Crippen LogP contribution is 2.47. The molecule has 0 aliphatic carbocycles. The number of aromatic nitrogens is 2. The van der Waals surface area contributed by atoms with Crippen LogP contribution in [0.1, 0.15) is 22.6 Å². The van der Waals surface area contributed by atoms with Gasteiger partial charge in [0.15, 0.2) is 5.75 Å². The third kappa shape index (κ3) is 2.81. The van der Waals surface area contributed by atoms with Crippen LogP contribution < -0.4 is 21.3 Å². The lowest BCUT2D eigenvalue weighted by atomic mass is 9.84. The molecule has 1 atom stereocenters. The van der Waals surface area contributed by atoms with Crippen LogP contribution in [-0.2, 0) is 0 Å². The molecule has 0 spiro atoms. The molecule has 1 aliphatic heterocycles. The summed E-state index contributed by atoms with van der Waals surface area (Å²) < 4.78 is 6.32. The van der Waals surface area contributed by atoms with E-state index >= 15 is 0 Å². The number of pyridine rings is 2. The van der Waals surface area contributed by atoms with Gasteiger partial charge < -0.3 is 20.8 Å². The number of rotatable bonds is 4. The van der Waals surface area contributed by atoms with Crippen LogP contribution in [0.3, 0.4) is 0 Å². The van der Waals surface area contributed by atoms with Crippen LogP contribution in [0.15, 0.2) is 53.4 Å². The van der Waals surface area contributed by atoms with Crippen LogP contribution in [0, 0.1) is 22.7 Å². The van der Waals surface area contributed by atoms with Crippen molar-refractivity contribution in [2.24, 2.45) is 5.73 Å². The molecule has 0 unspecified atom stereocenters. The van der Waals surface area contributed by atoms with Crippen molar-refractivity contribution >= 4 is 26.6 Å². The normalized spacial score (nSPS) is 15.2. The molecule has 0 bridgehead atoms. The Bertz CT molecular complexity index is 1310. The zero-order valence-corrected chi connectivity index (χ0v) is 15.8. The molecule has 3 aromatic heterocycles. The maximum absolute atomic E-state index is 13.1. The number of ether oxygens (including phenoxy) is 1. The first-order valence-electron chi connectivity index (χ1n) is 8.55. The summed E-state index contributed by atoms with van der Waals surface area (Å²) in [6.45, 7) is 4.11. The molecule has 9 heteroatoms. The van der Waals surface area contributed by atoms with Gasteiger partial charge in [0.25, 0.3) is 5.56 Å². The van der Waals surface area contributed by atoms with Crippen molar-refractivity contribution in [3.63, 3.8) is 0 Å². The molecule has 0 fully saturated rings. The van der Waals surface area contributed by atoms with E-state index in [4.69, 9.17) is 10.5 Å². The molecule has 8 nitrogen and oxygen atoms in total. The van der Waals surface area contributed by atoms with E-state index in [2.05, 4.69) is 34.0 Å². The molecule has 1 aliphatic rings. The van der Waals surface area contributed by atoms with E-state index in [9.17, 15) is 15.3 Å². The summed E-state index contributed by atoms with van der Waals surface area (Å²) in [6, 6.07) is 7.62. The van der Waals surface area contributed by atoms with Gasteiger partial charge >= 0.3 is 0 Å². The molecular formula is C20H14N6O2S. The molecule has 0 radical (unpaired) electrons. The van der Waals surface area contributed by atoms with Gasteiger partial charge in [0.1, 0.15) is 28.3 Å². The van der Waals surface area contributed by atoms with E-state index in [1.54, 1.807) is 30.6 Å². The van der Waals surface area contributed by atoms with Gasteiger partial charge in [-0.05, 0) is 17.7 Å². The molecule has 3 aromatic rings. The van der Waals surface area contributed by atoms with Crippen LogP contribution in [-0.4, -0.2) is 16.5 Å². The molecule has 0 saturated carbocycles. The van der Waals surface area contributed by atoms with Crippen molar-refractivity contribution in [3.05, 3.63) is 75.7 Å². The van der Waals surface area contributed by atoms with Crippen molar-refractivity contribution in [3.8, 4) is 17.9 Å². The summed E-state index contributed by atoms with van der Waals surface area (Å²) in [7, 11) is 0. The second-order valence-electron chi connectivity index (χ2n) is 6.19. The SMILES string of the molecule is C=CCNc1sc2c3c(c(=O)[nH]c2c1C#N)[C@@H](c1ccncc1)C(C#N)=C(N)O3. The Kier molecular flexibility index (Phi) is 4.51. The zero-order chi connectivity index (χ0) is 20.5. The minimum atomic E-state index is -0.697. The van der Waals surface area contributed by atoms with E-state index in [1.165, 1.54) is 11.3 Å². The quantitative estimate of drug-likeness (QED) is 0.570. The highest BCUT2D eigenvalue weighted by Gasteiger charge is 2.35. The molecule has 142 valence electrons. The molecule has 0 aromatic carbocycles. The molecule has 4 N–H and O–H groups in total. The van der Waals surface area contributed by atoms with E-state index in [0.29, 0.717) is 32.9 Å². The van der Waals surface area contributed by atoms with E-state index in [-0.39, 0.29) is 22.8 Å². The molecular weight excluding hydrogens is 388 g/mol. The molecule has 4 rings (SSSR count). The first-order chi connectivity index (χ1) is 14.1. The van der Waals surface area contributed by atoms with Crippen LogP contribution in [0.25, 0.3) is 10.2 Å². The summed E-state index contributed by atoms with van der Waals surface area (Å²) in [5.41, 5.74) is 7.40. The summed E-state index contributed by atoms with van der Waals surface area (Å²) in [5.74, 6) is -0.506. The molecule has 4 heterocycles. The lowest BCUT2D eigenvalue weighted by Crippen LogP contribution is -2.27. The fourth-order valence-electron chi connectivity index (χ4n) is 3.34. The van der Waals surface area contributed by atoms with Crippen molar-refractivity contribution in [2.75, 3.05) is 11.9 Å².